The summed E-state index contributed by atoms with van der Waals surface area (Å²) in [4.78, 5) is 44.9. The number of amides is 2. The number of carbonyl (C=O) groups is 3. The topological polar surface area (TPSA) is 96.4 Å². The second-order valence-corrected chi connectivity index (χ2v) is 10.8. The van der Waals surface area contributed by atoms with Gasteiger partial charge in [0, 0.05) is 30.4 Å². The molecule has 0 aromatic heterocycles. The van der Waals surface area contributed by atoms with E-state index in [9.17, 15) is 14.4 Å². The SMILES string of the molecule is C[C@@]12C=CCCOC(=O)[C@@H]1[C@H]1C(=O)N(CCCCCCO)C3C(=O)N(c4ccc(Cl)cc4)CC=C[C@@]31O2. The van der Waals surface area contributed by atoms with E-state index in [-0.39, 0.29) is 25.0 Å². The lowest BCUT2D eigenvalue weighted by Gasteiger charge is -2.37. The summed E-state index contributed by atoms with van der Waals surface area (Å²) in [6.07, 6.45) is 11.0. The van der Waals surface area contributed by atoms with Crippen LogP contribution in [-0.2, 0) is 23.9 Å². The van der Waals surface area contributed by atoms with Crippen LogP contribution in [-0.4, -0.2) is 71.3 Å². The molecule has 5 rings (SSSR count). The molecule has 4 aliphatic rings. The number of unbranched alkanes of at least 4 members (excludes halogenated alkanes) is 3. The maximum Gasteiger partial charge on any atom is 0.313 e. The molecule has 9 heteroatoms. The number of aliphatic hydroxyl groups excluding tert-OH is 1. The Hall–Kier alpha value is -2.68. The molecule has 1 unspecified atom stereocenters. The first kappa shape index (κ1) is 25.9. The van der Waals surface area contributed by atoms with Crippen LogP contribution in [0.5, 0.6) is 0 Å². The number of cyclic esters (lactones) is 1. The fourth-order valence-electron chi connectivity index (χ4n) is 6.33. The van der Waals surface area contributed by atoms with E-state index in [0.717, 1.165) is 12.8 Å². The van der Waals surface area contributed by atoms with Crippen molar-refractivity contribution in [1.82, 2.24) is 4.90 Å². The predicted molar refractivity (Wildman–Crippen MR) is 138 cm³/mol. The van der Waals surface area contributed by atoms with Crippen molar-refractivity contribution in [2.24, 2.45) is 11.8 Å². The van der Waals surface area contributed by atoms with E-state index < -0.39 is 35.0 Å². The van der Waals surface area contributed by atoms with Crippen LogP contribution >= 0.6 is 11.6 Å². The second kappa shape index (κ2) is 10.2. The monoisotopic (exact) mass is 528 g/mol. The summed E-state index contributed by atoms with van der Waals surface area (Å²) in [6, 6.07) is 6.09. The van der Waals surface area contributed by atoms with Crippen molar-refractivity contribution in [1.29, 1.82) is 0 Å². The summed E-state index contributed by atoms with van der Waals surface area (Å²) in [6.45, 7) is 2.83. The number of ether oxygens (including phenoxy) is 2. The number of hydrogen-bond acceptors (Lipinski definition) is 6. The van der Waals surface area contributed by atoms with E-state index in [1.807, 2.05) is 24.3 Å². The molecule has 0 saturated carbocycles. The Labute approximate surface area is 221 Å². The minimum absolute atomic E-state index is 0.125. The molecule has 2 amide bonds. The van der Waals surface area contributed by atoms with Gasteiger partial charge in [-0.15, -0.1) is 0 Å². The molecule has 2 saturated heterocycles. The average molecular weight is 529 g/mol. The predicted octanol–water partition coefficient (Wildman–Crippen LogP) is 3.27. The van der Waals surface area contributed by atoms with E-state index in [4.69, 9.17) is 26.2 Å². The van der Waals surface area contributed by atoms with Gasteiger partial charge >= 0.3 is 5.97 Å². The Morgan fingerprint density at radius 1 is 1.00 bits per heavy atom. The van der Waals surface area contributed by atoms with Gasteiger partial charge in [0.05, 0.1) is 18.1 Å². The molecule has 4 heterocycles. The lowest BCUT2D eigenvalue weighted by molar-refractivity contribution is -0.159. The number of benzene rings is 1. The van der Waals surface area contributed by atoms with Gasteiger partial charge in [-0.25, -0.2) is 0 Å². The number of esters is 1. The lowest BCUT2D eigenvalue weighted by atomic mass is 9.74. The Morgan fingerprint density at radius 2 is 1.76 bits per heavy atom. The molecule has 1 aromatic carbocycles. The van der Waals surface area contributed by atoms with Gasteiger partial charge in [0.15, 0.2) is 0 Å². The van der Waals surface area contributed by atoms with Crippen LogP contribution in [0.25, 0.3) is 0 Å². The maximum absolute atomic E-state index is 14.3. The molecule has 1 aromatic rings. The quantitative estimate of drug-likeness (QED) is 0.331. The highest BCUT2D eigenvalue weighted by Crippen LogP contribution is 2.57. The van der Waals surface area contributed by atoms with E-state index in [2.05, 4.69) is 0 Å². The number of nitrogens with zero attached hydrogens (tertiary/aromatic N) is 2. The zero-order valence-corrected chi connectivity index (χ0v) is 21.7. The van der Waals surface area contributed by atoms with E-state index in [0.29, 0.717) is 43.1 Å². The Morgan fingerprint density at radius 3 is 2.51 bits per heavy atom. The molecule has 0 radical (unpaired) electrons. The first-order valence-corrected chi connectivity index (χ1v) is 13.4. The minimum Gasteiger partial charge on any atom is -0.465 e. The summed E-state index contributed by atoms with van der Waals surface area (Å²) < 4.78 is 12.3. The summed E-state index contributed by atoms with van der Waals surface area (Å²) in [5.41, 5.74) is -1.71. The summed E-state index contributed by atoms with van der Waals surface area (Å²) in [7, 11) is 0. The van der Waals surface area contributed by atoms with Crippen LogP contribution in [0.3, 0.4) is 0 Å². The number of hydrogen-bond donors (Lipinski definition) is 1. The fourth-order valence-corrected chi connectivity index (χ4v) is 6.45. The summed E-state index contributed by atoms with van der Waals surface area (Å²) >= 11 is 6.09. The van der Waals surface area contributed by atoms with Gasteiger partial charge in [0.25, 0.3) is 5.91 Å². The molecule has 2 fully saturated rings. The number of anilines is 1. The average Bonchev–Trinajstić information content (AvgIpc) is 3.18. The van der Waals surface area contributed by atoms with Crippen molar-refractivity contribution in [3.63, 3.8) is 0 Å². The molecular weight excluding hydrogens is 496 g/mol. The maximum atomic E-state index is 14.3. The fraction of sp³-hybridized carbons (Fsp3) is 0.536. The number of carbonyl (C=O) groups excluding carboxylic acids is 3. The van der Waals surface area contributed by atoms with Crippen LogP contribution in [0.15, 0.2) is 48.6 Å². The van der Waals surface area contributed by atoms with Crippen LogP contribution in [0.4, 0.5) is 5.69 Å². The normalized spacial score (nSPS) is 32.9. The zero-order chi connectivity index (χ0) is 26.2. The Kier molecular flexibility index (Phi) is 7.18. The second-order valence-electron chi connectivity index (χ2n) is 10.4. The van der Waals surface area contributed by atoms with Crippen molar-refractivity contribution in [2.75, 3.05) is 31.2 Å². The smallest absolute Gasteiger partial charge is 0.313 e. The van der Waals surface area contributed by atoms with Crippen molar-refractivity contribution in [3.8, 4) is 0 Å². The number of halogens is 1. The van der Waals surface area contributed by atoms with Gasteiger partial charge in [-0.2, -0.15) is 0 Å². The van der Waals surface area contributed by atoms with Gasteiger partial charge in [-0.1, -0.05) is 48.7 Å². The molecule has 1 N–H and O–H groups in total. The zero-order valence-electron chi connectivity index (χ0n) is 21.0. The highest BCUT2D eigenvalue weighted by Gasteiger charge is 2.74. The van der Waals surface area contributed by atoms with E-state index in [1.54, 1.807) is 41.0 Å². The highest BCUT2D eigenvalue weighted by atomic mass is 35.5. The highest BCUT2D eigenvalue weighted by molar-refractivity contribution is 6.30. The van der Waals surface area contributed by atoms with Gasteiger partial charge in [0.2, 0.25) is 5.91 Å². The largest absolute Gasteiger partial charge is 0.465 e. The molecule has 5 atom stereocenters. The summed E-state index contributed by atoms with van der Waals surface area (Å²) in [5, 5.41) is 9.67. The van der Waals surface area contributed by atoms with Crippen molar-refractivity contribution < 1.29 is 29.0 Å². The molecule has 8 nitrogen and oxygen atoms in total. The summed E-state index contributed by atoms with van der Waals surface area (Å²) in [5.74, 6) is -2.72. The van der Waals surface area contributed by atoms with E-state index in [1.165, 1.54) is 0 Å². The van der Waals surface area contributed by atoms with Crippen LogP contribution in [0.2, 0.25) is 5.02 Å². The minimum atomic E-state index is -1.30. The van der Waals surface area contributed by atoms with Crippen molar-refractivity contribution in [3.05, 3.63) is 53.6 Å². The Balaban J connectivity index is 1.56. The van der Waals surface area contributed by atoms with Crippen LogP contribution in [0.1, 0.15) is 39.0 Å². The Bertz CT molecular complexity index is 1120. The number of rotatable bonds is 7. The van der Waals surface area contributed by atoms with Crippen LogP contribution in [0, 0.1) is 11.8 Å². The third-order valence-electron chi connectivity index (χ3n) is 7.97. The molecule has 0 bridgehead atoms. The molecule has 37 heavy (non-hydrogen) atoms. The van der Waals surface area contributed by atoms with E-state index >= 15 is 0 Å². The first-order chi connectivity index (χ1) is 17.8. The molecule has 1 spiro atoms. The lowest BCUT2D eigenvalue weighted by Crippen LogP contribution is -2.56. The molecule has 4 aliphatic heterocycles. The third-order valence-corrected chi connectivity index (χ3v) is 8.22. The standard InChI is InChI=1S/C28H33ClN2O6/c1-27-13-4-7-18-36-26(35)22(27)21-24(33)31(15-5-2-3-6-17-32)23-25(34)30(16-8-14-28(21,23)37-27)20-11-9-19(29)10-12-20/h4,8-14,21-23,32H,2-3,5-7,15-18H2,1H3/t21-,22-,23?,27+,28-/m0/s1. The van der Waals surface area contributed by atoms with Gasteiger partial charge in [-0.05, 0) is 50.5 Å². The van der Waals surface area contributed by atoms with Gasteiger partial charge < -0.3 is 24.4 Å². The molecular formula is C28H33ClN2O6. The molecule has 0 aliphatic carbocycles. The third kappa shape index (κ3) is 4.39. The van der Waals surface area contributed by atoms with Crippen molar-refractivity contribution >= 4 is 35.1 Å². The first-order valence-electron chi connectivity index (χ1n) is 13.0. The molecule has 198 valence electrons. The number of fused-ring (bicyclic) bond motifs is 2. The number of aliphatic hydroxyl groups is 1. The van der Waals surface area contributed by atoms with Gasteiger partial charge in [0.1, 0.15) is 17.6 Å². The number of likely N-dealkylation sites (tertiary alicyclic amines) is 1. The van der Waals surface area contributed by atoms with Crippen LogP contribution < -0.4 is 4.90 Å². The van der Waals surface area contributed by atoms with Gasteiger partial charge in [-0.3, -0.25) is 14.4 Å². The van der Waals surface area contributed by atoms with Crippen molar-refractivity contribution in [2.45, 2.75) is 56.3 Å².